The Labute approximate surface area is 144 Å². The molecule has 0 saturated carbocycles. The molecule has 0 aromatic heterocycles. The standard InChI is InChI=1S/C20H30O.C2H6/c1-16(8-6-9-17(2)13-15-21)11-12-19-18(3)10-7-14-20(19,4)5;1-2/h6,8-9,11-13,21H,7,10,14-15H2,1-5H3;1-2H3/b9-6+,12-11+,16-8-,17-13-;. The Kier molecular flexibility index (Phi) is 10.6. The third-order valence-corrected chi connectivity index (χ3v) is 4.19. The normalized spacial score (nSPS) is 19.3. The Balaban J connectivity index is 0.00000232. The molecule has 0 atom stereocenters. The van der Waals surface area contributed by atoms with Crippen LogP contribution in [0.15, 0.2) is 58.7 Å². The van der Waals surface area contributed by atoms with Crippen LogP contribution in [0.25, 0.3) is 0 Å². The molecule has 0 aliphatic heterocycles. The van der Waals surface area contributed by atoms with E-state index in [1.807, 2.05) is 32.9 Å². The molecule has 1 N–H and O–H groups in total. The van der Waals surface area contributed by atoms with Gasteiger partial charge in [0.1, 0.15) is 0 Å². The molecule has 0 aromatic rings. The van der Waals surface area contributed by atoms with Gasteiger partial charge in [-0.25, -0.2) is 0 Å². The highest BCUT2D eigenvalue weighted by atomic mass is 16.2. The van der Waals surface area contributed by atoms with Crippen LogP contribution in [0.5, 0.6) is 0 Å². The fourth-order valence-corrected chi connectivity index (χ4v) is 2.84. The molecule has 1 heteroatoms. The maximum absolute atomic E-state index is 8.81. The first-order valence-electron chi connectivity index (χ1n) is 8.87. The van der Waals surface area contributed by atoms with Gasteiger partial charge in [0.25, 0.3) is 0 Å². The van der Waals surface area contributed by atoms with Crippen molar-refractivity contribution in [1.29, 1.82) is 0 Å². The van der Waals surface area contributed by atoms with Crippen molar-refractivity contribution in [3.63, 3.8) is 0 Å². The van der Waals surface area contributed by atoms with Crippen molar-refractivity contribution in [1.82, 2.24) is 0 Å². The topological polar surface area (TPSA) is 20.2 Å². The van der Waals surface area contributed by atoms with Gasteiger partial charge in [-0.1, -0.05) is 80.9 Å². The van der Waals surface area contributed by atoms with Gasteiger partial charge in [0.2, 0.25) is 0 Å². The molecule has 1 rings (SSSR count). The highest BCUT2D eigenvalue weighted by Crippen LogP contribution is 2.40. The Morgan fingerprint density at radius 1 is 1.13 bits per heavy atom. The molecule has 0 radical (unpaired) electrons. The minimum absolute atomic E-state index is 0.0985. The van der Waals surface area contributed by atoms with E-state index in [1.54, 1.807) is 6.08 Å². The Morgan fingerprint density at radius 3 is 2.35 bits per heavy atom. The lowest BCUT2D eigenvalue weighted by Gasteiger charge is -2.32. The fraction of sp³-hybridized carbons (Fsp3) is 0.545. The van der Waals surface area contributed by atoms with E-state index in [-0.39, 0.29) is 6.61 Å². The van der Waals surface area contributed by atoms with Crippen molar-refractivity contribution in [2.24, 2.45) is 5.41 Å². The lowest BCUT2D eigenvalue weighted by atomic mass is 9.72. The molecule has 1 nitrogen and oxygen atoms in total. The molecular weight excluding hydrogens is 280 g/mol. The zero-order chi connectivity index (χ0) is 17.9. The minimum atomic E-state index is 0.0985. The highest BCUT2D eigenvalue weighted by molar-refractivity contribution is 5.37. The first-order valence-corrected chi connectivity index (χ1v) is 8.87. The second-order valence-electron chi connectivity index (χ2n) is 6.67. The summed E-state index contributed by atoms with van der Waals surface area (Å²) in [6.45, 7) is 15.2. The average Bonchev–Trinajstić information content (AvgIpc) is 2.48. The van der Waals surface area contributed by atoms with E-state index in [9.17, 15) is 0 Å². The van der Waals surface area contributed by atoms with E-state index in [1.165, 1.54) is 36.0 Å². The molecule has 0 fully saturated rings. The van der Waals surface area contributed by atoms with Gasteiger partial charge < -0.3 is 5.11 Å². The van der Waals surface area contributed by atoms with Crippen molar-refractivity contribution in [2.75, 3.05) is 6.61 Å². The number of aliphatic hydroxyl groups excluding tert-OH is 1. The summed E-state index contributed by atoms with van der Waals surface area (Å²) in [5.74, 6) is 0. The highest BCUT2D eigenvalue weighted by Gasteiger charge is 2.26. The number of aliphatic hydroxyl groups is 1. The van der Waals surface area contributed by atoms with E-state index in [2.05, 4.69) is 45.9 Å². The quantitative estimate of drug-likeness (QED) is 0.571. The third kappa shape index (κ3) is 8.18. The molecule has 0 saturated heterocycles. The number of hydrogen-bond acceptors (Lipinski definition) is 1. The van der Waals surface area contributed by atoms with Gasteiger partial charge >= 0.3 is 0 Å². The van der Waals surface area contributed by atoms with E-state index in [0.29, 0.717) is 5.41 Å². The largest absolute Gasteiger partial charge is 0.392 e. The summed E-state index contributed by atoms with van der Waals surface area (Å²) in [5.41, 5.74) is 5.66. The monoisotopic (exact) mass is 316 g/mol. The van der Waals surface area contributed by atoms with E-state index in [4.69, 9.17) is 5.11 Å². The fourth-order valence-electron chi connectivity index (χ4n) is 2.84. The smallest absolute Gasteiger partial charge is 0.0617 e. The predicted octanol–water partition coefficient (Wildman–Crippen LogP) is 6.54. The number of rotatable bonds is 5. The van der Waals surface area contributed by atoms with Crippen LogP contribution in [0.4, 0.5) is 0 Å². The van der Waals surface area contributed by atoms with Crippen LogP contribution >= 0.6 is 0 Å². The summed E-state index contributed by atoms with van der Waals surface area (Å²) >= 11 is 0. The van der Waals surface area contributed by atoms with Gasteiger partial charge in [0.05, 0.1) is 6.61 Å². The Morgan fingerprint density at radius 2 is 1.78 bits per heavy atom. The van der Waals surface area contributed by atoms with Crippen molar-refractivity contribution in [3.05, 3.63) is 58.7 Å². The second-order valence-corrected chi connectivity index (χ2v) is 6.67. The van der Waals surface area contributed by atoms with E-state index in [0.717, 1.165) is 5.57 Å². The Bertz CT molecular complexity index is 496. The molecule has 0 aromatic carbocycles. The molecule has 23 heavy (non-hydrogen) atoms. The van der Waals surface area contributed by atoms with Crippen molar-refractivity contribution in [3.8, 4) is 0 Å². The van der Waals surface area contributed by atoms with Crippen molar-refractivity contribution >= 4 is 0 Å². The maximum atomic E-state index is 8.81. The van der Waals surface area contributed by atoms with Crippen molar-refractivity contribution in [2.45, 2.75) is 67.7 Å². The molecular formula is C22H36O. The van der Waals surface area contributed by atoms with Gasteiger partial charge in [-0.2, -0.15) is 0 Å². The van der Waals surface area contributed by atoms with E-state index < -0.39 is 0 Å². The number of allylic oxidation sites excluding steroid dienone is 9. The van der Waals surface area contributed by atoms with Crippen LogP contribution in [0.1, 0.15) is 67.7 Å². The predicted molar refractivity (Wildman–Crippen MR) is 105 cm³/mol. The van der Waals surface area contributed by atoms with E-state index >= 15 is 0 Å². The summed E-state index contributed by atoms with van der Waals surface area (Å²) in [5, 5.41) is 8.81. The average molecular weight is 317 g/mol. The van der Waals surface area contributed by atoms with Crippen LogP contribution in [0, 0.1) is 5.41 Å². The molecule has 0 heterocycles. The number of hydrogen-bond donors (Lipinski definition) is 1. The van der Waals surface area contributed by atoms with Gasteiger partial charge in [-0.3, -0.25) is 0 Å². The Hall–Kier alpha value is -1.34. The minimum Gasteiger partial charge on any atom is -0.392 e. The summed E-state index contributed by atoms with van der Waals surface area (Å²) in [6.07, 6.45) is 16.3. The SMILES string of the molecule is CC.CC1=C(/C=C/C(C)=C\C=C\C(C)=C/CO)C(C)(C)CCC1. The lowest BCUT2D eigenvalue weighted by Crippen LogP contribution is -2.19. The lowest BCUT2D eigenvalue weighted by molar-refractivity contribution is 0.342. The maximum Gasteiger partial charge on any atom is 0.0617 e. The van der Waals surface area contributed by atoms with Gasteiger partial charge in [0.15, 0.2) is 0 Å². The van der Waals surface area contributed by atoms with Crippen LogP contribution in [-0.2, 0) is 0 Å². The van der Waals surface area contributed by atoms with Crippen LogP contribution in [0.3, 0.4) is 0 Å². The summed E-state index contributed by atoms with van der Waals surface area (Å²) in [4.78, 5) is 0. The van der Waals surface area contributed by atoms with Crippen LogP contribution in [-0.4, -0.2) is 11.7 Å². The summed E-state index contributed by atoms with van der Waals surface area (Å²) < 4.78 is 0. The first-order chi connectivity index (χ1) is 10.9. The molecule has 0 bridgehead atoms. The molecule has 0 amide bonds. The molecule has 1 aliphatic carbocycles. The van der Waals surface area contributed by atoms with Gasteiger partial charge in [-0.05, 0) is 51.0 Å². The molecule has 1 aliphatic rings. The van der Waals surface area contributed by atoms with Crippen LogP contribution < -0.4 is 0 Å². The van der Waals surface area contributed by atoms with Gasteiger partial charge in [0, 0.05) is 0 Å². The zero-order valence-electron chi connectivity index (χ0n) is 16.2. The first kappa shape index (κ1) is 21.7. The molecule has 0 unspecified atom stereocenters. The summed E-state index contributed by atoms with van der Waals surface area (Å²) in [7, 11) is 0. The second kappa shape index (κ2) is 11.2. The van der Waals surface area contributed by atoms with Crippen LogP contribution in [0.2, 0.25) is 0 Å². The third-order valence-electron chi connectivity index (χ3n) is 4.19. The molecule has 130 valence electrons. The zero-order valence-corrected chi connectivity index (χ0v) is 16.2. The molecule has 0 spiro atoms. The van der Waals surface area contributed by atoms with Crippen molar-refractivity contribution < 1.29 is 5.11 Å². The van der Waals surface area contributed by atoms with Gasteiger partial charge in [-0.15, -0.1) is 0 Å². The summed E-state index contributed by atoms with van der Waals surface area (Å²) in [6, 6.07) is 0.